The van der Waals surface area contributed by atoms with E-state index in [9.17, 15) is 4.79 Å². The fourth-order valence-corrected chi connectivity index (χ4v) is 2.47. The monoisotopic (exact) mass is 204 g/mol. The molecule has 0 saturated carbocycles. The van der Waals surface area contributed by atoms with Crippen LogP contribution in [-0.4, -0.2) is 24.1 Å². The van der Waals surface area contributed by atoms with Gasteiger partial charge in [0.25, 0.3) is 0 Å². The van der Waals surface area contributed by atoms with Gasteiger partial charge in [0.05, 0.1) is 5.41 Å². The van der Waals surface area contributed by atoms with Gasteiger partial charge in [-0.1, -0.05) is 0 Å². The molecule has 1 amide bonds. The van der Waals surface area contributed by atoms with E-state index in [0.717, 1.165) is 24.1 Å². The zero-order chi connectivity index (χ0) is 10.3. The van der Waals surface area contributed by atoms with Crippen molar-refractivity contribution in [2.45, 2.75) is 18.3 Å². The standard InChI is InChI=1S/C11H12N2O2/c14-10-11(2-5-15-6-3-11)8-7-12-4-1-9(8)13-10/h1,4,7H,2-3,5-6H2,(H,13,14). The van der Waals surface area contributed by atoms with Gasteiger partial charge >= 0.3 is 0 Å². The van der Waals surface area contributed by atoms with Crippen LogP contribution in [0.5, 0.6) is 0 Å². The molecular weight excluding hydrogens is 192 g/mol. The fourth-order valence-electron chi connectivity index (χ4n) is 2.47. The van der Waals surface area contributed by atoms with Gasteiger partial charge in [-0.2, -0.15) is 0 Å². The Balaban J connectivity index is 2.11. The van der Waals surface area contributed by atoms with Crippen molar-refractivity contribution in [3.8, 4) is 0 Å². The second-order valence-electron chi connectivity index (χ2n) is 4.07. The van der Waals surface area contributed by atoms with E-state index < -0.39 is 0 Å². The Kier molecular flexibility index (Phi) is 1.79. The highest BCUT2D eigenvalue weighted by Gasteiger charge is 2.47. The van der Waals surface area contributed by atoms with Gasteiger partial charge in [-0.15, -0.1) is 0 Å². The molecule has 3 rings (SSSR count). The molecule has 15 heavy (non-hydrogen) atoms. The van der Waals surface area contributed by atoms with Crippen LogP contribution >= 0.6 is 0 Å². The lowest BCUT2D eigenvalue weighted by Crippen LogP contribution is -2.40. The van der Waals surface area contributed by atoms with Crippen LogP contribution in [0.25, 0.3) is 0 Å². The largest absolute Gasteiger partial charge is 0.381 e. The molecule has 4 nitrogen and oxygen atoms in total. The maximum absolute atomic E-state index is 12.0. The number of nitrogens with zero attached hydrogens (tertiary/aromatic N) is 1. The van der Waals surface area contributed by atoms with Crippen LogP contribution in [0.1, 0.15) is 18.4 Å². The van der Waals surface area contributed by atoms with Gasteiger partial charge in [0.15, 0.2) is 0 Å². The van der Waals surface area contributed by atoms with Gasteiger partial charge in [-0.25, -0.2) is 0 Å². The first-order valence-corrected chi connectivity index (χ1v) is 5.17. The van der Waals surface area contributed by atoms with Crippen molar-refractivity contribution >= 4 is 11.6 Å². The van der Waals surface area contributed by atoms with E-state index in [1.807, 2.05) is 6.07 Å². The van der Waals surface area contributed by atoms with Gasteiger partial charge < -0.3 is 10.1 Å². The highest BCUT2D eigenvalue weighted by atomic mass is 16.5. The molecule has 0 atom stereocenters. The lowest BCUT2D eigenvalue weighted by atomic mass is 9.76. The number of carbonyl (C=O) groups is 1. The number of nitrogens with one attached hydrogen (secondary N) is 1. The Labute approximate surface area is 87.7 Å². The van der Waals surface area contributed by atoms with E-state index in [4.69, 9.17) is 4.74 Å². The average Bonchev–Trinajstić information content (AvgIpc) is 2.55. The summed E-state index contributed by atoms with van der Waals surface area (Å²) in [6, 6.07) is 1.86. The molecule has 2 aliphatic heterocycles. The number of hydrogen-bond donors (Lipinski definition) is 1. The molecule has 1 aromatic rings. The molecule has 0 aliphatic carbocycles. The minimum absolute atomic E-state index is 0.105. The molecule has 1 aromatic heterocycles. The van der Waals surface area contributed by atoms with Crippen LogP contribution in [0, 0.1) is 0 Å². The maximum atomic E-state index is 12.0. The molecular formula is C11H12N2O2. The quantitative estimate of drug-likeness (QED) is 0.688. The number of carbonyl (C=O) groups excluding carboxylic acids is 1. The second kappa shape index (κ2) is 3.03. The molecule has 0 bridgehead atoms. The Bertz CT molecular complexity index is 411. The lowest BCUT2D eigenvalue weighted by Gasteiger charge is -2.30. The Morgan fingerprint density at radius 2 is 2.20 bits per heavy atom. The smallest absolute Gasteiger partial charge is 0.235 e. The number of pyridine rings is 1. The molecule has 0 unspecified atom stereocenters. The fraction of sp³-hybridized carbons (Fsp3) is 0.455. The number of anilines is 1. The van der Waals surface area contributed by atoms with Crippen LogP contribution in [-0.2, 0) is 14.9 Å². The van der Waals surface area contributed by atoms with Crippen molar-refractivity contribution in [1.82, 2.24) is 4.98 Å². The van der Waals surface area contributed by atoms with Gasteiger partial charge in [-0.05, 0) is 18.9 Å². The Hall–Kier alpha value is -1.42. The van der Waals surface area contributed by atoms with Crippen LogP contribution in [0.3, 0.4) is 0 Å². The maximum Gasteiger partial charge on any atom is 0.235 e. The summed E-state index contributed by atoms with van der Waals surface area (Å²) in [5, 5.41) is 2.92. The summed E-state index contributed by atoms with van der Waals surface area (Å²) < 4.78 is 5.32. The van der Waals surface area contributed by atoms with Crippen molar-refractivity contribution in [3.05, 3.63) is 24.0 Å². The number of amides is 1. The van der Waals surface area contributed by atoms with E-state index in [0.29, 0.717) is 13.2 Å². The third-order valence-electron chi connectivity index (χ3n) is 3.37. The van der Waals surface area contributed by atoms with E-state index >= 15 is 0 Å². The van der Waals surface area contributed by atoms with Crippen molar-refractivity contribution in [2.75, 3.05) is 18.5 Å². The number of ether oxygens (including phenoxy) is 1. The van der Waals surface area contributed by atoms with Gasteiger partial charge in [-0.3, -0.25) is 9.78 Å². The summed E-state index contributed by atoms with van der Waals surface area (Å²) in [6.07, 6.45) is 5.03. The third-order valence-corrected chi connectivity index (χ3v) is 3.37. The minimum Gasteiger partial charge on any atom is -0.381 e. The highest BCUT2D eigenvalue weighted by Crippen LogP contribution is 2.43. The first kappa shape index (κ1) is 8.85. The van der Waals surface area contributed by atoms with E-state index in [1.165, 1.54) is 0 Å². The SMILES string of the molecule is O=C1Nc2ccncc2C12CCOCC2. The zero-order valence-corrected chi connectivity index (χ0v) is 8.32. The summed E-state index contributed by atoms with van der Waals surface area (Å²) in [5.41, 5.74) is 1.58. The highest BCUT2D eigenvalue weighted by molar-refractivity contribution is 6.06. The molecule has 2 aliphatic rings. The first-order valence-electron chi connectivity index (χ1n) is 5.17. The predicted molar refractivity (Wildman–Crippen MR) is 54.6 cm³/mol. The molecule has 1 spiro atoms. The van der Waals surface area contributed by atoms with Crippen molar-refractivity contribution in [3.63, 3.8) is 0 Å². The van der Waals surface area contributed by atoms with E-state index in [2.05, 4.69) is 10.3 Å². The summed E-state index contributed by atoms with van der Waals surface area (Å²) >= 11 is 0. The molecule has 3 heterocycles. The molecule has 0 radical (unpaired) electrons. The first-order chi connectivity index (χ1) is 7.33. The van der Waals surface area contributed by atoms with Crippen molar-refractivity contribution in [2.24, 2.45) is 0 Å². The van der Waals surface area contributed by atoms with Crippen molar-refractivity contribution < 1.29 is 9.53 Å². The van der Waals surface area contributed by atoms with Crippen LogP contribution in [0.4, 0.5) is 5.69 Å². The van der Waals surface area contributed by atoms with Crippen molar-refractivity contribution in [1.29, 1.82) is 0 Å². The molecule has 78 valence electrons. The Morgan fingerprint density at radius 1 is 1.40 bits per heavy atom. The van der Waals surface area contributed by atoms with Crippen LogP contribution in [0.2, 0.25) is 0 Å². The third kappa shape index (κ3) is 1.11. The summed E-state index contributed by atoms with van der Waals surface area (Å²) in [6.45, 7) is 1.31. The molecule has 1 N–H and O–H groups in total. The van der Waals surface area contributed by atoms with Gasteiger partial charge in [0, 0.05) is 36.9 Å². The molecule has 1 fully saturated rings. The van der Waals surface area contributed by atoms with E-state index in [-0.39, 0.29) is 11.3 Å². The molecule has 4 heteroatoms. The molecule has 0 aromatic carbocycles. The van der Waals surface area contributed by atoms with E-state index in [1.54, 1.807) is 12.4 Å². The number of rotatable bonds is 0. The summed E-state index contributed by atoms with van der Waals surface area (Å²) in [7, 11) is 0. The number of aromatic nitrogens is 1. The molecule has 1 saturated heterocycles. The number of hydrogen-bond acceptors (Lipinski definition) is 3. The van der Waals surface area contributed by atoms with Gasteiger partial charge in [0.2, 0.25) is 5.91 Å². The minimum atomic E-state index is -0.373. The van der Waals surface area contributed by atoms with Crippen LogP contribution < -0.4 is 5.32 Å². The Morgan fingerprint density at radius 3 is 3.00 bits per heavy atom. The van der Waals surface area contributed by atoms with Gasteiger partial charge in [0.1, 0.15) is 0 Å². The summed E-state index contributed by atoms with van der Waals surface area (Å²) in [4.78, 5) is 16.1. The van der Waals surface area contributed by atoms with Crippen LogP contribution in [0.15, 0.2) is 18.5 Å². The second-order valence-corrected chi connectivity index (χ2v) is 4.07. The normalized spacial score (nSPS) is 22.5. The predicted octanol–water partition coefficient (Wildman–Crippen LogP) is 1.08. The lowest BCUT2D eigenvalue weighted by molar-refractivity contribution is -0.124. The zero-order valence-electron chi connectivity index (χ0n) is 8.32. The number of fused-ring (bicyclic) bond motifs is 2. The topological polar surface area (TPSA) is 51.2 Å². The average molecular weight is 204 g/mol. The summed E-state index contributed by atoms with van der Waals surface area (Å²) in [5.74, 6) is 0.105.